The number of rotatable bonds is 4. The zero-order chi connectivity index (χ0) is 10.8. The summed E-state index contributed by atoms with van der Waals surface area (Å²) in [6.45, 7) is 8.58. The van der Waals surface area contributed by atoms with Gasteiger partial charge in [-0.25, -0.2) is 0 Å². The molecule has 1 atom stereocenters. The highest BCUT2D eigenvalue weighted by atomic mass is 16.2. The zero-order valence-electron chi connectivity index (χ0n) is 9.68. The van der Waals surface area contributed by atoms with Crippen LogP contribution in [0.1, 0.15) is 40.5 Å². The second-order valence-corrected chi connectivity index (χ2v) is 5.31. The third kappa shape index (κ3) is 4.61. The Hall–Kier alpha value is -0.570. The van der Waals surface area contributed by atoms with E-state index >= 15 is 0 Å². The molecule has 82 valence electrons. The van der Waals surface area contributed by atoms with E-state index in [1.807, 2.05) is 20.8 Å². The maximum atomic E-state index is 11.4. The molecule has 1 fully saturated rings. The van der Waals surface area contributed by atoms with Gasteiger partial charge in [0, 0.05) is 11.6 Å². The third-order valence-electron chi connectivity index (χ3n) is 2.43. The molecule has 0 aromatic heterocycles. The van der Waals surface area contributed by atoms with Gasteiger partial charge in [-0.3, -0.25) is 4.79 Å². The summed E-state index contributed by atoms with van der Waals surface area (Å²) in [5.41, 5.74) is -0.123. The van der Waals surface area contributed by atoms with Gasteiger partial charge in [0.05, 0.1) is 6.54 Å². The first-order chi connectivity index (χ1) is 6.38. The first-order valence-corrected chi connectivity index (χ1v) is 5.43. The molecule has 0 aromatic rings. The molecule has 2 N–H and O–H groups in total. The molecule has 1 rings (SSSR count). The highest BCUT2D eigenvalue weighted by Gasteiger charge is 2.27. The van der Waals surface area contributed by atoms with Gasteiger partial charge in [-0.05, 0) is 46.5 Å². The third-order valence-corrected chi connectivity index (χ3v) is 2.43. The molecule has 0 aliphatic heterocycles. The maximum Gasteiger partial charge on any atom is 0.234 e. The Morgan fingerprint density at radius 1 is 1.43 bits per heavy atom. The van der Waals surface area contributed by atoms with Crippen LogP contribution in [0.4, 0.5) is 0 Å². The molecule has 0 aromatic carbocycles. The minimum atomic E-state index is -0.123. The summed E-state index contributed by atoms with van der Waals surface area (Å²) in [6.07, 6.45) is 2.63. The van der Waals surface area contributed by atoms with Gasteiger partial charge >= 0.3 is 0 Å². The highest BCUT2D eigenvalue weighted by molar-refractivity contribution is 5.78. The Bertz CT molecular complexity index is 204. The number of hydrogen-bond acceptors (Lipinski definition) is 2. The molecule has 0 saturated heterocycles. The molecule has 0 spiro atoms. The van der Waals surface area contributed by atoms with Crippen molar-refractivity contribution in [3.63, 3.8) is 0 Å². The van der Waals surface area contributed by atoms with Crippen molar-refractivity contribution >= 4 is 5.91 Å². The van der Waals surface area contributed by atoms with E-state index in [1.54, 1.807) is 0 Å². The molecule has 1 aliphatic rings. The average molecular weight is 198 g/mol. The number of nitrogens with one attached hydrogen (secondary N) is 2. The van der Waals surface area contributed by atoms with E-state index in [4.69, 9.17) is 0 Å². The summed E-state index contributed by atoms with van der Waals surface area (Å²) >= 11 is 0. The van der Waals surface area contributed by atoms with Crippen molar-refractivity contribution < 1.29 is 4.79 Å². The van der Waals surface area contributed by atoms with E-state index in [0.717, 1.165) is 5.92 Å². The van der Waals surface area contributed by atoms with Crippen LogP contribution in [0.3, 0.4) is 0 Å². The zero-order valence-corrected chi connectivity index (χ0v) is 9.68. The quantitative estimate of drug-likeness (QED) is 0.714. The van der Waals surface area contributed by atoms with Gasteiger partial charge < -0.3 is 10.6 Å². The van der Waals surface area contributed by atoms with Gasteiger partial charge in [-0.2, -0.15) is 0 Å². The Morgan fingerprint density at radius 3 is 2.43 bits per heavy atom. The lowest BCUT2D eigenvalue weighted by Gasteiger charge is -2.21. The Balaban J connectivity index is 2.14. The lowest BCUT2D eigenvalue weighted by Crippen LogP contribution is -2.46. The van der Waals surface area contributed by atoms with Gasteiger partial charge in [0.15, 0.2) is 0 Å². The van der Waals surface area contributed by atoms with Crippen molar-refractivity contribution in [3.05, 3.63) is 0 Å². The summed E-state index contributed by atoms with van der Waals surface area (Å²) in [5.74, 6) is 0.891. The lowest BCUT2D eigenvalue weighted by molar-refractivity contribution is -0.121. The number of carbonyl (C=O) groups excluding carboxylic acids is 1. The van der Waals surface area contributed by atoms with Crippen molar-refractivity contribution in [1.29, 1.82) is 0 Å². The van der Waals surface area contributed by atoms with E-state index in [1.165, 1.54) is 12.8 Å². The predicted molar refractivity (Wildman–Crippen MR) is 58.1 cm³/mol. The largest absolute Gasteiger partial charge is 0.350 e. The molecule has 0 radical (unpaired) electrons. The Labute approximate surface area is 86.6 Å². The van der Waals surface area contributed by atoms with Crippen molar-refractivity contribution in [2.45, 2.75) is 52.1 Å². The minimum Gasteiger partial charge on any atom is -0.350 e. The topological polar surface area (TPSA) is 41.1 Å². The number of carbonyl (C=O) groups is 1. The molecule has 1 saturated carbocycles. The predicted octanol–water partition coefficient (Wildman–Crippen LogP) is 1.29. The van der Waals surface area contributed by atoms with E-state index in [9.17, 15) is 4.79 Å². The van der Waals surface area contributed by atoms with Crippen LogP contribution in [-0.4, -0.2) is 24.0 Å². The maximum absolute atomic E-state index is 11.4. The second kappa shape index (κ2) is 4.30. The molecule has 0 heterocycles. The van der Waals surface area contributed by atoms with Crippen LogP contribution in [0.5, 0.6) is 0 Å². The Morgan fingerprint density at radius 2 is 2.00 bits per heavy atom. The van der Waals surface area contributed by atoms with Crippen molar-refractivity contribution in [3.8, 4) is 0 Å². The van der Waals surface area contributed by atoms with Crippen LogP contribution in [0, 0.1) is 5.92 Å². The van der Waals surface area contributed by atoms with Crippen molar-refractivity contribution in [1.82, 2.24) is 10.6 Å². The van der Waals surface area contributed by atoms with Gasteiger partial charge in [0.1, 0.15) is 0 Å². The second-order valence-electron chi connectivity index (χ2n) is 5.31. The molecule has 1 unspecified atom stereocenters. The fourth-order valence-electron chi connectivity index (χ4n) is 1.48. The molecule has 0 bridgehead atoms. The normalized spacial score (nSPS) is 19.1. The summed E-state index contributed by atoms with van der Waals surface area (Å²) < 4.78 is 0. The molecule has 14 heavy (non-hydrogen) atoms. The van der Waals surface area contributed by atoms with Gasteiger partial charge in [-0.1, -0.05) is 0 Å². The van der Waals surface area contributed by atoms with Crippen LogP contribution < -0.4 is 10.6 Å². The SMILES string of the molecule is CC(NCC(=O)NC(C)(C)C)C1CC1. The van der Waals surface area contributed by atoms with E-state index < -0.39 is 0 Å². The molecular formula is C11H22N2O. The smallest absolute Gasteiger partial charge is 0.234 e. The van der Waals surface area contributed by atoms with Crippen LogP contribution in [0.25, 0.3) is 0 Å². The van der Waals surface area contributed by atoms with E-state index in [0.29, 0.717) is 12.6 Å². The van der Waals surface area contributed by atoms with Gasteiger partial charge in [0.25, 0.3) is 0 Å². The highest BCUT2D eigenvalue weighted by Crippen LogP contribution is 2.32. The van der Waals surface area contributed by atoms with Crippen molar-refractivity contribution in [2.75, 3.05) is 6.54 Å². The first-order valence-electron chi connectivity index (χ1n) is 5.43. The van der Waals surface area contributed by atoms with Crippen LogP contribution in [-0.2, 0) is 4.79 Å². The lowest BCUT2D eigenvalue weighted by atomic mass is 10.1. The summed E-state index contributed by atoms with van der Waals surface area (Å²) in [7, 11) is 0. The fourth-order valence-corrected chi connectivity index (χ4v) is 1.48. The summed E-state index contributed by atoms with van der Waals surface area (Å²) in [6, 6.07) is 0.487. The molecule has 1 aliphatic carbocycles. The summed E-state index contributed by atoms with van der Waals surface area (Å²) in [5, 5.41) is 6.19. The van der Waals surface area contributed by atoms with Gasteiger partial charge in [-0.15, -0.1) is 0 Å². The molecule has 3 nitrogen and oxygen atoms in total. The van der Waals surface area contributed by atoms with E-state index in [-0.39, 0.29) is 11.4 Å². The standard InChI is InChI=1S/C11H22N2O/c1-8(9-5-6-9)12-7-10(14)13-11(2,3)4/h8-9,12H,5-7H2,1-4H3,(H,13,14). The van der Waals surface area contributed by atoms with Gasteiger partial charge in [0.2, 0.25) is 5.91 Å². The molecule has 3 heteroatoms. The molecular weight excluding hydrogens is 176 g/mol. The number of amides is 1. The average Bonchev–Trinajstić information content (AvgIpc) is 2.78. The molecule has 1 amide bonds. The van der Waals surface area contributed by atoms with Crippen LogP contribution in [0.2, 0.25) is 0 Å². The van der Waals surface area contributed by atoms with Crippen molar-refractivity contribution in [2.24, 2.45) is 5.92 Å². The van der Waals surface area contributed by atoms with Crippen LogP contribution >= 0.6 is 0 Å². The van der Waals surface area contributed by atoms with Crippen LogP contribution in [0.15, 0.2) is 0 Å². The van der Waals surface area contributed by atoms with E-state index in [2.05, 4.69) is 17.6 Å². The summed E-state index contributed by atoms with van der Waals surface area (Å²) in [4.78, 5) is 11.4. The minimum absolute atomic E-state index is 0.0880. The fraction of sp³-hybridized carbons (Fsp3) is 0.909. The monoisotopic (exact) mass is 198 g/mol. The first kappa shape index (κ1) is 11.5. The Kier molecular flexibility index (Phi) is 3.53. The number of hydrogen-bond donors (Lipinski definition) is 2.